The van der Waals surface area contributed by atoms with Crippen LogP contribution in [0.2, 0.25) is 0 Å². The third kappa shape index (κ3) is 6.64. The maximum atomic E-state index is 11.9. The van der Waals surface area contributed by atoms with E-state index in [1.165, 1.54) is 5.56 Å². The second-order valence-corrected chi connectivity index (χ2v) is 7.28. The van der Waals surface area contributed by atoms with Crippen molar-refractivity contribution < 1.29 is 19.1 Å². The van der Waals surface area contributed by atoms with Gasteiger partial charge in [-0.25, -0.2) is 4.79 Å². The number of aryl methyl sites for hydroxylation is 1. The number of hydrogen-bond acceptors (Lipinski definition) is 5. The molecule has 5 nitrogen and oxygen atoms in total. The number of nitrogens with one attached hydrogen (secondary N) is 1. The van der Waals surface area contributed by atoms with Crippen LogP contribution in [0.5, 0.6) is 5.75 Å². The summed E-state index contributed by atoms with van der Waals surface area (Å²) in [5.74, 6) is 0.0543. The Morgan fingerprint density at radius 3 is 2.56 bits per heavy atom. The van der Waals surface area contributed by atoms with Crippen LogP contribution in [0, 0.1) is 6.92 Å². The number of thioether (sulfide) groups is 1. The molecule has 0 saturated carbocycles. The van der Waals surface area contributed by atoms with Gasteiger partial charge in [0.05, 0.1) is 0 Å². The standard InChI is InChI=1S/C21H25NO4S/c1-14(2)19-9-8-17(10-15(19)3)25-13-21(24)26-12-20(23)22-16-6-5-7-18(11-16)27-4/h5-11,14H,12-13H2,1-4H3,(H,22,23). The lowest BCUT2D eigenvalue weighted by atomic mass is 9.98. The zero-order valence-electron chi connectivity index (χ0n) is 16.1. The van der Waals surface area contributed by atoms with Crippen LogP contribution < -0.4 is 10.1 Å². The van der Waals surface area contributed by atoms with Gasteiger partial charge in [-0.1, -0.05) is 26.0 Å². The quantitative estimate of drug-likeness (QED) is 0.537. The number of amides is 1. The summed E-state index contributed by atoms with van der Waals surface area (Å²) in [5.41, 5.74) is 3.02. The second-order valence-electron chi connectivity index (χ2n) is 6.40. The van der Waals surface area contributed by atoms with Crippen molar-refractivity contribution >= 4 is 29.3 Å². The molecular weight excluding hydrogens is 362 g/mol. The summed E-state index contributed by atoms with van der Waals surface area (Å²) in [6.07, 6.45) is 1.96. The van der Waals surface area contributed by atoms with Crippen LogP contribution in [0.15, 0.2) is 47.4 Å². The van der Waals surface area contributed by atoms with Gasteiger partial charge in [0.2, 0.25) is 0 Å². The predicted molar refractivity (Wildman–Crippen MR) is 109 cm³/mol. The van der Waals surface area contributed by atoms with Gasteiger partial charge < -0.3 is 14.8 Å². The van der Waals surface area contributed by atoms with Crippen LogP contribution in [0.25, 0.3) is 0 Å². The molecule has 0 radical (unpaired) electrons. The van der Waals surface area contributed by atoms with Crippen LogP contribution >= 0.6 is 11.8 Å². The maximum Gasteiger partial charge on any atom is 0.344 e. The minimum absolute atomic E-state index is 0.240. The highest BCUT2D eigenvalue weighted by Gasteiger charge is 2.10. The van der Waals surface area contributed by atoms with Crippen molar-refractivity contribution in [2.24, 2.45) is 0 Å². The van der Waals surface area contributed by atoms with E-state index in [0.29, 0.717) is 17.4 Å². The fraction of sp³-hybridized carbons (Fsp3) is 0.333. The van der Waals surface area contributed by atoms with Crippen molar-refractivity contribution in [2.45, 2.75) is 31.6 Å². The van der Waals surface area contributed by atoms with Gasteiger partial charge in [0.1, 0.15) is 5.75 Å². The number of rotatable bonds is 8. The van der Waals surface area contributed by atoms with Gasteiger partial charge in [-0.15, -0.1) is 11.8 Å². The van der Waals surface area contributed by atoms with Gasteiger partial charge >= 0.3 is 5.97 Å². The monoisotopic (exact) mass is 387 g/mol. The smallest absolute Gasteiger partial charge is 0.344 e. The van der Waals surface area contributed by atoms with E-state index in [2.05, 4.69) is 19.2 Å². The van der Waals surface area contributed by atoms with Crippen LogP contribution in [-0.4, -0.2) is 31.3 Å². The Morgan fingerprint density at radius 1 is 1.11 bits per heavy atom. The van der Waals surface area contributed by atoms with E-state index < -0.39 is 11.9 Å². The Bertz CT molecular complexity index is 805. The molecule has 2 aromatic carbocycles. The van der Waals surface area contributed by atoms with Crippen molar-refractivity contribution in [1.82, 2.24) is 0 Å². The average Bonchev–Trinajstić information content (AvgIpc) is 2.64. The molecule has 0 unspecified atom stereocenters. The van der Waals surface area contributed by atoms with E-state index in [9.17, 15) is 9.59 Å². The third-order valence-corrected chi connectivity index (χ3v) is 4.66. The van der Waals surface area contributed by atoms with E-state index in [1.807, 2.05) is 49.6 Å². The molecule has 6 heteroatoms. The van der Waals surface area contributed by atoms with E-state index >= 15 is 0 Å². The number of carbonyl (C=O) groups excluding carboxylic acids is 2. The molecule has 1 amide bonds. The Kier molecular flexibility index (Phi) is 7.73. The fourth-order valence-electron chi connectivity index (χ4n) is 2.61. The highest BCUT2D eigenvalue weighted by atomic mass is 32.2. The summed E-state index contributed by atoms with van der Waals surface area (Å²) in [4.78, 5) is 24.7. The molecule has 0 aliphatic carbocycles. The molecule has 0 fully saturated rings. The van der Waals surface area contributed by atoms with Crippen molar-refractivity contribution in [3.63, 3.8) is 0 Å². The lowest BCUT2D eigenvalue weighted by molar-refractivity contribution is -0.149. The summed E-state index contributed by atoms with van der Waals surface area (Å²) < 4.78 is 10.4. The summed E-state index contributed by atoms with van der Waals surface area (Å²) >= 11 is 1.58. The molecule has 144 valence electrons. The Labute approximate surface area is 164 Å². The molecule has 0 spiro atoms. The van der Waals surface area contributed by atoms with Gasteiger partial charge in [0.15, 0.2) is 13.2 Å². The predicted octanol–water partition coefficient (Wildman–Crippen LogP) is 4.40. The minimum Gasteiger partial charge on any atom is -0.482 e. The zero-order chi connectivity index (χ0) is 19.8. The molecular formula is C21H25NO4S. The topological polar surface area (TPSA) is 64.6 Å². The van der Waals surface area contributed by atoms with Crippen LogP contribution in [0.1, 0.15) is 30.9 Å². The Morgan fingerprint density at radius 2 is 1.89 bits per heavy atom. The van der Waals surface area contributed by atoms with Crippen LogP contribution in [-0.2, 0) is 14.3 Å². The van der Waals surface area contributed by atoms with E-state index in [1.54, 1.807) is 17.8 Å². The normalized spacial score (nSPS) is 10.6. The average molecular weight is 388 g/mol. The molecule has 0 aliphatic heterocycles. The second kappa shape index (κ2) is 10.0. The summed E-state index contributed by atoms with van der Waals surface area (Å²) in [5, 5.41) is 2.70. The largest absolute Gasteiger partial charge is 0.482 e. The van der Waals surface area contributed by atoms with Gasteiger partial charge in [-0.05, 0) is 60.6 Å². The van der Waals surface area contributed by atoms with Crippen molar-refractivity contribution in [3.05, 3.63) is 53.6 Å². The minimum atomic E-state index is -0.589. The molecule has 0 aromatic heterocycles. The number of ether oxygens (including phenoxy) is 2. The van der Waals surface area contributed by atoms with E-state index in [4.69, 9.17) is 9.47 Å². The number of anilines is 1. The molecule has 0 atom stereocenters. The first-order valence-corrected chi connectivity index (χ1v) is 9.94. The number of hydrogen-bond donors (Lipinski definition) is 1. The zero-order valence-corrected chi connectivity index (χ0v) is 16.9. The summed E-state index contributed by atoms with van der Waals surface area (Å²) in [6.45, 7) is 5.68. The lowest BCUT2D eigenvalue weighted by Crippen LogP contribution is -2.23. The van der Waals surface area contributed by atoms with Crippen molar-refractivity contribution in [3.8, 4) is 5.75 Å². The van der Waals surface area contributed by atoms with Gasteiger partial charge in [-0.2, -0.15) is 0 Å². The SMILES string of the molecule is CSc1cccc(NC(=O)COC(=O)COc2ccc(C(C)C)c(C)c2)c1. The number of esters is 1. The van der Waals surface area contributed by atoms with Gasteiger partial charge in [0.25, 0.3) is 5.91 Å². The first-order valence-electron chi connectivity index (χ1n) is 8.72. The number of carbonyl (C=O) groups is 2. The summed E-state index contributed by atoms with van der Waals surface area (Å²) in [6, 6.07) is 13.2. The highest BCUT2D eigenvalue weighted by Crippen LogP contribution is 2.23. The molecule has 1 N–H and O–H groups in total. The first kappa shape index (κ1) is 20.8. The van der Waals surface area contributed by atoms with E-state index in [-0.39, 0.29) is 13.2 Å². The highest BCUT2D eigenvalue weighted by molar-refractivity contribution is 7.98. The third-order valence-electron chi connectivity index (χ3n) is 3.94. The van der Waals surface area contributed by atoms with Crippen LogP contribution in [0.4, 0.5) is 5.69 Å². The molecule has 2 aromatic rings. The summed E-state index contributed by atoms with van der Waals surface area (Å²) in [7, 11) is 0. The molecule has 0 heterocycles. The Balaban J connectivity index is 1.77. The fourth-order valence-corrected chi connectivity index (χ4v) is 3.07. The molecule has 27 heavy (non-hydrogen) atoms. The van der Waals surface area contributed by atoms with Crippen molar-refractivity contribution in [2.75, 3.05) is 24.8 Å². The maximum absolute atomic E-state index is 11.9. The molecule has 0 bridgehead atoms. The lowest BCUT2D eigenvalue weighted by Gasteiger charge is -2.12. The van der Waals surface area contributed by atoms with Gasteiger partial charge in [0, 0.05) is 10.6 Å². The molecule has 2 rings (SSSR count). The number of benzene rings is 2. The van der Waals surface area contributed by atoms with Crippen LogP contribution in [0.3, 0.4) is 0 Å². The first-order chi connectivity index (χ1) is 12.9. The van der Waals surface area contributed by atoms with E-state index in [0.717, 1.165) is 10.5 Å². The molecule has 0 aliphatic rings. The van der Waals surface area contributed by atoms with Crippen molar-refractivity contribution in [1.29, 1.82) is 0 Å². The van der Waals surface area contributed by atoms with Gasteiger partial charge in [-0.3, -0.25) is 4.79 Å². The molecule has 0 saturated heterocycles. The Hall–Kier alpha value is -2.47.